The van der Waals surface area contributed by atoms with Gasteiger partial charge in [-0.25, -0.2) is 0 Å². The molecule has 0 unspecified atom stereocenters. The van der Waals surface area contributed by atoms with Gasteiger partial charge in [0.2, 0.25) is 5.95 Å². The minimum Gasteiger partial charge on any atom is -0.382 e. The van der Waals surface area contributed by atoms with E-state index in [0.717, 1.165) is 16.7 Å². The predicted molar refractivity (Wildman–Crippen MR) is 79.5 cm³/mol. The van der Waals surface area contributed by atoms with Gasteiger partial charge in [0.15, 0.2) is 5.82 Å². The number of hydrogen-bond acceptors (Lipinski definition) is 5. The van der Waals surface area contributed by atoms with Crippen LogP contribution < -0.4 is 11.5 Å². The third kappa shape index (κ3) is 2.29. The van der Waals surface area contributed by atoms with Gasteiger partial charge in [0.1, 0.15) is 5.69 Å². The van der Waals surface area contributed by atoms with Crippen LogP contribution >= 0.6 is 0 Å². The van der Waals surface area contributed by atoms with Crippen LogP contribution in [-0.4, -0.2) is 15.2 Å². The van der Waals surface area contributed by atoms with Crippen LogP contribution in [0.25, 0.3) is 22.4 Å². The Morgan fingerprint density at radius 1 is 0.700 bits per heavy atom. The van der Waals surface area contributed by atoms with Crippen LogP contribution in [0, 0.1) is 0 Å². The second-order valence-electron chi connectivity index (χ2n) is 4.35. The number of aromatic nitrogens is 3. The zero-order valence-corrected chi connectivity index (χ0v) is 10.7. The Morgan fingerprint density at radius 3 is 2.15 bits per heavy atom. The van der Waals surface area contributed by atoms with E-state index in [1.165, 1.54) is 0 Å². The molecular weight excluding hydrogens is 250 g/mol. The van der Waals surface area contributed by atoms with Gasteiger partial charge in [-0.1, -0.05) is 48.5 Å². The fourth-order valence-electron chi connectivity index (χ4n) is 2.03. The van der Waals surface area contributed by atoms with Crippen molar-refractivity contribution < 1.29 is 0 Å². The minimum atomic E-state index is 0.0745. The molecule has 0 spiro atoms. The van der Waals surface area contributed by atoms with Gasteiger partial charge < -0.3 is 11.5 Å². The van der Waals surface area contributed by atoms with Gasteiger partial charge in [0.25, 0.3) is 0 Å². The quantitative estimate of drug-likeness (QED) is 0.740. The summed E-state index contributed by atoms with van der Waals surface area (Å²) in [5.41, 5.74) is 14.9. The first-order chi connectivity index (χ1) is 9.74. The van der Waals surface area contributed by atoms with Gasteiger partial charge in [-0.2, -0.15) is 4.98 Å². The molecule has 20 heavy (non-hydrogen) atoms. The normalized spacial score (nSPS) is 10.4. The number of nitrogen functional groups attached to an aromatic ring is 2. The molecule has 0 aliphatic carbocycles. The minimum absolute atomic E-state index is 0.0745. The Balaban J connectivity index is 2.08. The van der Waals surface area contributed by atoms with E-state index in [1.807, 2.05) is 42.5 Å². The zero-order valence-electron chi connectivity index (χ0n) is 10.7. The highest BCUT2D eigenvalue weighted by molar-refractivity contribution is 5.75. The lowest BCUT2D eigenvalue weighted by atomic mass is 10.0. The molecule has 0 aliphatic heterocycles. The summed E-state index contributed by atoms with van der Waals surface area (Å²) in [6.07, 6.45) is 0. The van der Waals surface area contributed by atoms with Crippen LogP contribution in [0.3, 0.4) is 0 Å². The van der Waals surface area contributed by atoms with Gasteiger partial charge in [-0.15, -0.1) is 10.2 Å². The number of benzene rings is 2. The SMILES string of the molecule is Nc1nnc(-c2cccc(-c3ccccc3)c2)c(N)n1. The first kappa shape index (κ1) is 12.1. The number of rotatable bonds is 2. The smallest absolute Gasteiger partial charge is 0.242 e. The van der Waals surface area contributed by atoms with Crippen LogP contribution in [0.4, 0.5) is 11.8 Å². The van der Waals surface area contributed by atoms with E-state index in [1.54, 1.807) is 0 Å². The van der Waals surface area contributed by atoms with Crippen molar-refractivity contribution in [3.63, 3.8) is 0 Å². The lowest BCUT2D eigenvalue weighted by molar-refractivity contribution is 1.000. The van der Waals surface area contributed by atoms with E-state index >= 15 is 0 Å². The average molecular weight is 263 g/mol. The second kappa shape index (κ2) is 4.97. The molecule has 98 valence electrons. The highest BCUT2D eigenvalue weighted by atomic mass is 15.2. The van der Waals surface area contributed by atoms with E-state index in [0.29, 0.717) is 5.69 Å². The molecule has 1 aromatic heterocycles. The van der Waals surface area contributed by atoms with Crippen LogP contribution in [-0.2, 0) is 0 Å². The maximum atomic E-state index is 5.85. The summed E-state index contributed by atoms with van der Waals surface area (Å²) >= 11 is 0. The van der Waals surface area contributed by atoms with E-state index < -0.39 is 0 Å². The van der Waals surface area contributed by atoms with Crippen molar-refractivity contribution in [3.8, 4) is 22.4 Å². The summed E-state index contributed by atoms with van der Waals surface area (Å²) in [5, 5.41) is 7.78. The highest BCUT2D eigenvalue weighted by Crippen LogP contribution is 2.27. The number of hydrogen-bond donors (Lipinski definition) is 2. The van der Waals surface area contributed by atoms with Crippen LogP contribution in [0.15, 0.2) is 54.6 Å². The summed E-state index contributed by atoms with van der Waals surface area (Å²) in [5.74, 6) is 0.355. The van der Waals surface area contributed by atoms with E-state index in [-0.39, 0.29) is 11.8 Å². The molecule has 3 rings (SSSR count). The Kier molecular flexibility index (Phi) is 3.01. The Labute approximate surface area is 116 Å². The van der Waals surface area contributed by atoms with E-state index in [4.69, 9.17) is 11.5 Å². The van der Waals surface area contributed by atoms with Gasteiger partial charge in [-0.05, 0) is 17.2 Å². The fourth-order valence-corrected chi connectivity index (χ4v) is 2.03. The number of nitrogens with two attached hydrogens (primary N) is 2. The van der Waals surface area contributed by atoms with E-state index in [9.17, 15) is 0 Å². The number of anilines is 2. The standard InChI is InChI=1S/C15H13N5/c16-14-13(19-20-15(17)18-14)12-8-4-7-11(9-12)10-5-2-1-3-6-10/h1-9H,(H4,16,17,18,20). The summed E-state index contributed by atoms with van der Waals surface area (Å²) in [6, 6.07) is 18.0. The zero-order chi connectivity index (χ0) is 13.9. The molecule has 3 aromatic rings. The van der Waals surface area contributed by atoms with E-state index in [2.05, 4.69) is 27.3 Å². The van der Waals surface area contributed by atoms with Crippen molar-refractivity contribution in [2.24, 2.45) is 0 Å². The molecule has 0 bridgehead atoms. The first-order valence-electron chi connectivity index (χ1n) is 6.15. The van der Waals surface area contributed by atoms with Gasteiger partial charge in [0, 0.05) is 5.56 Å². The summed E-state index contributed by atoms with van der Waals surface area (Å²) < 4.78 is 0. The second-order valence-corrected chi connectivity index (χ2v) is 4.35. The molecule has 1 heterocycles. The van der Waals surface area contributed by atoms with Crippen molar-refractivity contribution in [3.05, 3.63) is 54.6 Å². The lowest BCUT2D eigenvalue weighted by Crippen LogP contribution is -2.04. The maximum Gasteiger partial charge on any atom is 0.242 e. The molecule has 0 fully saturated rings. The molecule has 0 amide bonds. The van der Waals surface area contributed by atoms with Crippen molar-refractivity contribution in [1.82, 2.24) is 15.2 Å². The summed E-state index contributed by atoms with van der Waals surface area (Å²) in [4.78, 5) is 3.93. The van der Waals surface area contributed by atoms with Crippen LogP contribution in [0.1, 0.15) is 0 Å². The van der Waals surface area contributed by atoms with Gasteiger partial charge in [-0.3, -0.25) is 0 Å². The van der Waals surface area contributed by atoms with Crippen molar-refractivity contribution >= 4 is 11.8 Å². The molecule has 0 radical (unpaired) electrons. The molecule has 0 aliphatic rings. The van der Waals surface area contributed by atoms with Gasteiger partial charge in [0.05, 0.1) is 0 Å². The Morgan fingerprint density at radius 2 is 1.40 bits per heavy atom. The predicted octanol–water partition coefficient (Wildman–Crippen LogP) is 2.37. The van der Waals surface area contributed by atoms with Crippen molar-refractivity contribution in [2.45, 2.75) is 0 Å². The molecule has 4 N–H and O–H groups in total. The molecule has 0 saturated heterocycles. The lowest BCUT2D eigenvalue weighted by Gasteiger charge is -2.06. The largest absolute Gasteiger partial charge is 0.382 e. The third-order valence-electron chi connectivity index (χ3n) is 2.97. The molecule has 2 aromatic carbocycles. The molecule has 0 atom stereocenters. The summed E-state index contributed by atoms with van der Waals surface area (Å²) in [6.45, 7) is 0. The van der Waals surface area contributed by atoms with Crippen molar-refractivity contribution in [1.29, 1.82) is 0 Å². The highest BCUT2D eigenvalue weighted by Gasteiger charge is 2.08. The fraction of sp³-hybridized carbons (Fsp3) is 0. The van der Waals surface area contributed by atoms with Gasteiger partial charge >= 0.3 is 0 Å². The molecule has 5 nitrogen and oxygen atoms in total. The Bertz CT molecular complexity index is 740. The Hall–Kier alpha value is -2.95. The maximum absolute atomic E-state index is 5.85. The monoisotopic (exact) mass is 263 g/mol. The molecule has 0 saturated carbocycles. The topological polar surface area (TPSA) is 90.7 Å². The van der Waals surface area contributed by atoms with Crippen molar-refractivity contribution in [2.75, 3.05) is 11.5 Å². The number of nitrogens with zero attached hydrogens (tertiary/aromatic N) is 3. The van der Waals surface area contributed by atoms with Crippen LogP contribution in [0.5, 0.6) is 0 Å². The average Bonchev–Trinajstić information content (AvgIpc) is 2.48. The van der Waals surface area contributed by atoms with Crippen LogP contribution in [0.2, 0.25) is 0 Å². The summed E-state index contributed by atoms with van der Waals surface area (Å²) in [7, 11) is 0. The third-order valence-corrected chi connectivity index (χ3v) is 2.97. The molecule has 5 heteroatoms. The first-order valence-corrected chi connectivity index (χ1v) is 6.15. The molecular formula is C15H13N5.